The van der Waals surface area contributed by atoms with Gasteiger partial charge >= 0.3 is 4.87 Å². The molecule has 5 heteroatoms. The van der Waals surface area contributed by atoms with Crippen LogP contribution in [0.15, 0.2) is 34.4 Å². The Kier molecular flexibility index (Phi) is 3.66. The average Bonchev–Trinajstić information content (AvgIpc) is 2.87. The molecule has 19 heavy (non-hydrogen) atoms. The summed E-state index contributed by atoms with van der Waals surface area (Å²) in [6.07, 6.45) is 3.03. The molecule has 100 valence electrons. The number of thiazole rings is 1. The van der Waals surface area contributed by atoms with Crippen molar-refractivity contribution in [3.63, 3.8) is 0 Å². The fourth-order valence-corrected chi connectivity index (χ4v) is 2.70. The van der Waals surface area contributed by atoms with Gasteiger partial charge in [0.25, 0.3) is 0 Å². The van der Waals surface area contributed by atoms with E-state index in [0.29, 0.717) is 0 Å². The molecule has 1 aliphatic heterocycles. The molecule has 1 aliphatic rings. The van der Waals surface area contributed by atoms with Crippen molar-refractivity contribution in [3.05, 3.63) is 39.3 Å². The number of benzene rings is 1. The van der Waals surface area contributed by atoms with E-state index in [4.69, 9.17) is 9.47 Å². The van der Waals surface area contributed by atoms with Gasteiger partial charge in [0.15, 0.2) is 6.29 Å². The Bertz CT molecular complexity index is 598. The summed E-state index contributed by atoms with van der Waals surface area (Å²) in [6, 6.07) is 7.71. The number of hydrogen-bond donors (Lipinski definition) is 1. The molecule has 0 bridgehead atoms. The molecule has 0 aliphatic carbocycles. The first kappa shape index (κ1) is 12.4. The highest BCUT2D eigenvalue weighted by molar-refractivity contribution is 7.07. The molecule has 0 amide bonds. The minimum atomic E-state index is -0.148. The molecule has 1 atom stereocenters. The number of aromatic nitrogens is 1. The van der Waals surface area contributed by atoms with Crippen LogP contribution in [-0.4, -0.2) is 17.9 Å². The van der Waals surface area contributed by atoms with Gasteiger partial charge in [0, 0.05) is 17.4 Å². The van der Waals surface area contributed by atoms with Crippen LogP contribution in [0.3, 0.4) is 0 Å². The molecule has 1 fully saturated rings. The second-order valence-electron chi connectivity index (χ2n) is 4.50. The summed E-state index contributed by atoms with van der Waals surface area (Å²) in [4.78, 5) is 13.9. The van der Waals surface area contributed by atoms with Crippen molar-refractivity contribution in [2.45, 2.75) is 25.6 Å². The lowest BCUT2D eigenvalue weighted by molar-refractivity contribution is -0.105. The number of hydrogen-bond acceptors (Lipinski definition) is 4. The standard InChI is InChI=1S/C14H15NO3S/c16-14-15-12(9-19-14)10-4-3-5-11(8-10)18-13-6-1-2-7-17-13/h3-5,8-9,13H,1-2,6-7H2,(H,15,16). The maximum atomic E-state index is 11.2. The fraction of sp³-hybridized carbons (Fsp3) is 0.357. The van der Waals surface area contributed by atoms with Crippen LogP contribution in [0.2, 0.25) is 0 Å². The van der Waals surface area contributed by atoms with Gasteiger partial charge in [0.05, 0.1) is 12.3 Å². The first-order valence-corrected chi connectivity index (χ1v) is 7.26. The molecular weight excluding hydrogens is 262 g/mol. The minimum Gasteiger partial charge on any atom is -0.465 e. The molecule has 0 saturated carbocycles. The van der Waals surface area contributed by atoms with Gasteiger partial charge in [-0.1, -0.05) is 23.5 Å². The molecule has 1 N–H and O–H groups in total. The molecule has 0 spiro atoms. The largest absolute Gasteiger partial charge is 0.465 e. The second-order valence-corrected chi connectivity index (χ2v) is 5.35. The van der Waals surface area contributed by atoms with Crippen molar-refractivity contribution in [2.24, 2.45) is 0 Å². The van der Waals surface area contributed by atoms with Gasteiger partial charge in [-0.3, -0.25) is 4.79 Å². The van der Waals surface area contributed by atoms with Gasteiger partial charge in [-0.25, -0.2) is 0 Å². The monoisotopic (exact) mass is 277 g/mol. The van der Waals surface area contributed by atoms with E-state index in [-0.39, 0.29) is 11.2 Å². The lowest BCUT2D eigenvalue weighted by Crippen LogP contribution is -2.24. The molecule has 3 rings (SSSR count). The van der Waals surface area contributed by atoms with E-state index in [2.05, 4.69) is 4.98 Å². The average molecular weight is 277 g/mol. The zero-order valence-electron chi connectivity index (χ0n) is 10.4. The van der Waals surface area contributed by atoms with Crippen LogP contribution >= 0.6 is 11.3 Å². The Morgan fingerprint density at radius 1 is 1.37 bits per heavy atom. The first-order valence-electron chi connectivity index (χ1n) is 6.38. The zero-order valence-corrected chi connectivity index (χ0v) is 11.2. The first-order chi connectivity index (χ1) is 9.31. The van der Waals surface area contributed by atoms with Crippen LogP contribution in [0.5, 0.6) is 5.75 Å². The molecule has 1 saturated heterocycles. The van der Waals surface area contributed by atoms with E-state index in [1.54, 1.807) is 0 Å². The second kappa shape index (κ2) is 5.59. The number of nitrogens with one attached hydrogen (secondary N) is 1. The Morgan fingerprint density at radius 3 is 3.05 bits per heavy atom. The van der Waals surface area contributed by atoms with Crippen molar-refractivity contribution in [1.29, 1.82) is 0 Å². The summed E-state index contributed by atoms with van der Waals surface area (Å²) in [6.45, 7) is 0.766. The Hall–Kier alpha value is -1.59. The van der Waals surface area contributed by atoms with Gasteiger partial charge in [-0.2, -0.15) is 0 Å². The SMILES string of the molecule is O=c1[nH]c(-c2cccc(OC3CCCCO3)c2)cs1. The van der Waals surface area contributed by atoms with E-state index in [0.717, 1.165) is 54.2 Å². The highest BCUT2D eigenvalue weighted by Crippen LogP contribution is 2.25. The van der Waals surface area contributed by atoms with Crippen LogP contribution in [0, 0.1) is 0 Å². The predicted octanol–water partition coefficient (Wildman–Crippen LogP) is 3.01. The summed E-state index contributed by atoms with van der Waals surface area (Å²) in [5.41, 5.74) is 1.77. The Balaban J connectivity index is 1.77. The Morgan fingerprint density at radius 2 is 2.32 bits per heavy atom. The van der Waals surface area contributed by atoms with Crippen LogP contribution < -0.4 is 9.61 Å². The van der Waals surface area contributed by atoms with Crippen molar-refractivity contribution in [3.8, 4) is 17.0 Å². The lowest BCUT2D eigenvalue weighted by atomic mass is 10.1. The maximum absolute atomic E-state index is 11.2. The molecule has 2 aromatic rings. The molecule has 1 aromatic carbocycles. The maximum Gasteiger partial charge on any atom is 0.304 e. The van der Waals surface area contributed by atoms with Crippen LogP contribution in [0.25, 0.3) is 11.3 Å². The zero-order chi connectivity index (χ0) is 13.1. The van der Waals surface area contributed by atoms with Crippen molar-refractivity contribution in [2.75, 3.05) is 6.61 Å². The third-order valence-corrected chi connectivity index (χ3v) is 3.74. The normalized spacial score (nSPS) is 19.3. The molecular formula is C14H15NO3S. The van der Waals surface area contributed by atoms with Crippen molar-refractivity contribution >= 4 is 11.3 Å². The summed E-state index contributed by atoms with van der Waals surface area (Å²) in [5, 5.41) is 1.82. The summed E-state index contributed by atoms with van der Waals surface area (Å²) in [5.74, 6) is 0.774. The fourth-order valence-electron chi connectivity index (χ4n) is 2.11. The topological polar surface area (TPSA) is 51.3 Å². The minimum absolute atomic E-state index is 0.0445. The van der Waals surface area contributed by atoms with Gasteiger partial charge in [-0.15, -0.1) is 0 Å². The van der Waals surface area contributed by atoms with Gasteiger partial charge in [0.1, 0.15) is 5.75 Å². The van der Waals surface area contributed by atoms with E-state index < -0.39 is 0 Å². The van der Waals surface area contributed by atoms with E-state index in [1.807, 2.05) is 29.6 Å². The third-order valence-electron chi connectivity index (χ3n) is 3.07. The molecule has 2 heterocycles. The Labute approximate surface area is 115 Å². The van der Waals surface area contributed by atoms with Crippen molar-refractivity contribution < 1.29 is 9.47 Å². The van der Waals surface area contributed by atoms with Crippen LogP contribution in [0.1, 0.15) is 19.3 Å². The number of ether oxygens (including phenoxy) is 2. The highest BCUT2D eigenvalue weighted by atomic mass is 32.1. The summed E-state index contributed by atoms with van der Waals surface area (Å²) in [7, 11) is 0. The van der Waals surface area contributed by atoms with Crippen molar-refractivity contribution in [1.82, 2.24) is 4.98 Å². The van der Waals surface area contributed by atoms with E-state index in [1.165, 1.54) is 0 Å². The third kappa shape index (κ3) is 3.05. The van der Waals surface area contributed by atoms with Gasteiger partial charge in [0.2, 0.25) is 0 Å². The quantitative estimate of drug-likeness (QED) is 0.938. The highest BCUT2D eigenvalue weighted by Gasteiger charge is 2.15. The molecule has 0 radical (unpaired) electrons. The van der Waals surface area contributed by atoms with Gasteiger partial charge < -0.3 is 14.5 Å². The molecule has 4 nitrogen and oxygen atoms in total. The smallest absolute Gasteiger partial charge is 0.304 e. The van der Waals surface area contributed by atoms with E-state index >= 15 is 0 Å². The summed E-state index contributed by atoms with van der Waals surface area (Å²) < 4.78 is 11.4. The van der Waals surface area contributed by atoms with Crippen LogP contribution in [-0.2, 0) is 4.74 Å². The lowest BCUT2D eigenvalue weighted by Gasteiger charge is -2.23. The number of aromatic amines is 1. The molecule has 1 unspecified atom stereocenters. The van der Waals surface area contributed by atoms with Gasteiger partial charge in [-0.05, 0) is 25.0 Å². The predicted molar refractivity (Wildman–Crippen MR) is 74.6 cm³/mol. The number of H-pyrrole nitrogens is 1. The van der Waals surface area contributed by atoms with E-state index in [9.17, 15) is 4.79 Å². The number of rotatable bonds is 3. The van der Waals surface area contributed by atoms with Crippen LogP contribution in [0.4, 0.5) is 0 Å². The molecule has 1 aromatic heterocycles. The summed E-state index contributed by atoms with van der Waals surface area (Å²) >= 11 is 1.16.